The van der Waals surface area contributed by atoms with Crippen LogP contribution < -0.4 is 0 Å². The maximum atomic E-state index is 9.99. The van der Waals surface area contributed by atoms with E-state index in [-0.39, 0.29) is 11.8 Å². The second-order valence-electron chi connectivity index (χ2n) is 6.69. The monoisotopic (exact) mass is 314 g/mol. The van der Waals surface area contributed by atoms with Crippen LogP contribution in [0.5, 0.6) is 0 Å². The van der Waals surface area contributed by atoms with E-state index in [9.17, 15) is 15.8 Å². The van der Waals surface area contributed by atoms with Gasteiger partial charge < -0.3 is 9.47 Å². The minimum Gasteiger partial charge on any atom is -0.447 e. The largest absolute Gasteiger partial charge is 0.447 e. The van der Waals surface area contributed by atoms with Gasteiger partial charge in [0.1, 0.15) is 0 Å². The SMILES string of the molecule is CCCC12OC(=N)C(C#N)(C1CC)C(C#N)(C#N)C(C(C)C)O2. The Morgan fingerprint density at radius 2 is 1.78 bits per heavy atom. The summed E-state index contributed by atoms with van der Waals surface area (Å²) in [5, 5.41) is 38.1. The number of nitrogens with zero attached hydrogens (tertiary/aromatic N) is 3. The third-order valence-corrected chi connectivity index (χ3v) is 5.20. The van der Waals surface area contributed by atoms with E-state index in [1.807, 2.05) is 39.8 Å². The Morgan fingerprint density at radius 3 is 2.17 bits per heavy atom. The number of ether oxygens (including phenoxy) is 2. The summed E-state index contributed by atoms with van der Waals surface area (Å²) < 4.78 is 12.0. The van der Waals surface area contributed by atoms with Crippen LogP contribution >= 0.6 is 0 Å². The molecule has 2 rings (SSSR count). The van der Waals surface area contributed by atoms with Gasteiger partial charge >= 0.3 is 0 Å². The van der Waals surface area contributed by atoms with E-state index in [0.29, 0.717) is 12.8 Å². The highest BCUT2D eigenvalue weighted by Crippen LogP contribution is 2.65. The van der Waals surface area contributed by atoms with Gasteiger partial charge in [-0.25, -0.2) is 0 Å². The topological polar surface area (TPSA) is 114 Å². The van der Waals surface area contributed by atoms with Crippen molar-refractivity contribution >= 4 is 5.90 Å². The van der Waals surface area contributed by atoms with E-state index in [1.54, 1.807) is 0 Å². The van der Waals surface area contributed by atoms with Crippen LogP contribution in [0.25, 0.3) is 0 Å². The fourth-order valence-electron chi connectivity index (χ4n) is 4.33. The van der Waals surface area contributed by atoms with Gasteiger partial charge in [0.25, 0.3) is 0 Å². The van der Waals surface area contributed by atoms with Crippen LogP contribution in [0.15, 0.2) is 0 Å². The summed E-state index contributed by atoms with van der Waals surface area (Å²) in [5.41, 5.74) is -3.34. The molecule has 0 spiro atoms. The number of nitriles is 3. The fraction of sp³-hybridized carbons (Fsp3) is 0.765. The molecule has 4 atom stereocenters. The molecule has 0 radical (unpaired) electrons. The molecule has 1 N–H and O–H groups in total. The van der Waals surface area contributed by atoms with E-state index in [1.165, 1.54) is 0 Å². The molecular formula is C17H22N4O2. The van der Waals surface area contributed by atoms with Gasteiger partial charge in [-0.3, -0.25) is 5.41 Å². The van der Waals surface area contributed by atoms with E-state index in [2.05, 4.69) is 6.07 Å². The lowest BCUT2D eigenvalue weighted by Gasteiger charge is -2.50. The first-order valence-corrected chi connectivity index (χ1v) is 8.05. The Bertz CT molecular complexity index is 624. The van der Waals surface area contributed by atoms with Crippen LogP contribution in [0.1, 0.15) is 47.0 Å². The molecular weight excluding hydrogens is 292 g/mol. The van der Waals surface area contributed by atoms with Crippen molar-refractivity contribution in [3.8, 4) is 18.2 Å². The number of rotatable bonds is 4. The second-order valence-corrected chi connectivity index (χ2v) is 6.69. The van der Waals surface area contributed by atoms with Gasteiger partial charge in [0, 0.05) is 6.42 Å². The standard InChI is InChI=1S/C17H22N4O2/c1-5-7-17-12(6-2)16(10-20,14(21)23-17)15(8-18,9-19)13(22-17)11(3)4/h11-13,21H,5-7H2,1-4H3. The number of nitrogens with one attached hydrogen (secondary N) is 1. The maximum Gasteiger partial charge on any atom is 0.217 e. The Labute approximate surface area is 137 Å². The number of hydrogen-bond acceptors (Lipinski definition) is 6. The van der Waals surface area contributed by atoms with E-state index in [4.69, 9.17) is 14.9 Å². The van der Waals surface area contributed by atoms with Crippen molar-refractivity contribution < 1.29 is 9.47 Å². The predicted octanol–water partition coefficient (Wildman–Crippen LogP) is 3.11. The lowest BCUT2D eigenvalue weighted by Crippen LogP contribution is -2.63. The molecule has 0 aromatic rings. The van der Waals surface area contributed by atoms with Gasteiger partial charge in [-0.2, -0.15) is 15.8 Å². The van der Waals surface area contributed by atoms with Crippen LogP contribution in [0.4, 0.5) is 0 Å². The molecule has 6 heteroatoms. The molecule has 0 saturated carbocycles. The molecule has 23 heavy (non-hydrogen) atoms. The Balaban J connectivity index is 2.82. The Kier molecular flexibility index (Phi) is 4.14. The van der Waals surface area contributed by atoms with Gasteiger partial charge in [-0.05, 0) is 18.8 Å². The number of hydrogen-bond donors (Lipinski definition) is 1. The third-order valence-electron chi connectivity index (χ3n) is 5.20. The lowest BCUT2D eigenvalue weighted by atomic mass is 9.52. The summed E-state index contributed by atoms with van der Waals surface area (Å²) in [6.07, 6.45) is 0.982. The fourth-order valence-corrected chi connectivity index (χ4v) is 4.33. The highest BCUT2D eigenvalue weighted by Gasteiger charge is 2.79. The van der Waals surface area contributed by atoms with Crippen molar-refractivity contribution in [2.45, 2.75) is 58.8 Å². The highest BCUT2D eigenvalue weighted by atomic mass is 16.7. The van der Waals surface area contributed by atoms with Crippen molar-refractivity contribution in [1.29, 1.82) is 21.2 Å². The molecule has 0 aromatic heterocycles. The van der Waals surface area contributed by atoms with E-state index >= 15 is 0 Å². The van der Waals surface area contributed by atoms with Gasteiger partial charge in [-0.1, -0.05) is 27.7 Å². The molecule has 2 fully saturated rings. The molecule has 122 valence electrons. The summed E-state index contributed by atoms with van der Waals surface area (Å²) >= 11 is 0. The second kappa shape index (κ2) is 5.52. The van der Waals surface area contributed by atoms with Crippen LogP contribution in [-0.2, 0) is 9.47 Å². The lowest BCUT2D eigenvalue weighted by molar-refractivity contribution is -0.291. The minimum atomic E-state index is -1.75. The average molecular weight is 314 g/mol. The zero-order chi connectivity index (χ0) is 17.5. The molecule has 0 aliphatic carbocycles. The molecule has 2 heterocycles. The van der Waals surface area contributed by atoms with Gasteiger partial charge in [-0.15, -0.1) is 0 Å². The third kappa shape index (κ3) is 1.78. The Morgan fingerprint density at radius 1 is 1.17 bits per heavy atom. The smallest absolute Gasteiger partial charge is 0.217 e. The highest BCUT2D eigenvalue weighted by molar-refractivity contribution is 5.89. The van der Waals surface area contributed by atoms with Gasteiger partial charge in [0.15, 0.2) is 10.8 Å². The first kappa shape index (κ1) is 17.3. The molecule has 2 aliphatic heterocycles. The van der Waals surface area contributed by atoms with E-state index in [0.717, 1.165) is 6.42 Å². The zero-order valence-electron chi connectivity index (χ0n) is 14.0. The molecule has 0 amide bonds. The van der Waals surface area contributed by atoms with Gasteiger partial charge in [0.2, 0.25) is 11.7 Å². The van der Waals surface area contributed by atoms with Crippen LogP contribution in [0.2, 0.25) is 0 Å². The summed E-state index contributed by atoms with van der Waals surface area (Å²) in [6, 6.07) is 6.23. The molecule has 0 aromatic carbocycles. The summed E-state index contributed by atoms with van der Waals surface area (Å²) in [7, 11) is 0. The van der Waals surface area contributed by atoms with Crippen LogP contribution in [0.3, 0.4) is 0 Å². The number of fused-ring (bicyclic) bond motifs is 2. The molecule has 4 unspecified atom stereocenters. The predicted molar refractivity (Wildman–Crippen MR) is 81.6 cm³/mol. The summed E-state index contributed by atoms with van der Waals surface area (Å²) in [4.78, 5) is 0. The molecule has 2 bridgehead atoms. The first-order valence-electron chi connectivity index (χ1n) is 8.05. The Hall–Kier alpha value is -2.10. The minimum absolute atomic E-state index is 0.162. The zero-order valence-corrected chi connectivity index (χ0v) is 14.0. The van der Waals surface area contributed by atoms with Crippen molar-refractivity contribution in [3.05, 3.63) is 0 Å². The van der Waals surface area contributed by atoms with Crippen molar-refractivity contribution in [2.75, 3.05) is 0 Å². The van der Waals surface area contributed by atoms with Crippen molar-refractivity contribution in [3.63, 3.8) is 0 Å². The summed E-state index contributed by atoms with van der Waals surface area (Å²) in [6.45, 7) is 7.56. The van der Waals surface area contributed by atoms with Crippen LogP contribution in [-0.4, -0.2) is 17.8 Å². The molecule has 2 saturated heterocycles. The quantitative estimate of drug-likeness (QED) is 0.856. The van der Waals surface area contributed by atoms with Gasteiger partial charge in [0.05, 0.1) is 30.2 Å². The average Bonchev–Trinajstić information content (AvgIpc) is 2.71. The first-order chi connectivity index (χ1) is 10.9. The van der Waals surface area contributed by atoms with Crippen molar-refractivity contribution in [1.82, 2.24) is 0 Å². The van der Waals surface area contributed by atoms with Crippen molar-refractivity contribution in [2.24, 2.45) is 22.7 Å². The summed E-state index contributed by atoms with van der Waals surface area (Å²) in [5.74, 6) is -2.07. The maximum absolute atomic E-state index is 9.99. The molecule has 6 nitrogen and oxygen atoms in total. The van der Waals surface area contributed by atoms with E-state index < -0.39 is 28.6 Å². The molecule has 2 aliphatic rings. The van der Waals surface area contributed by atoms with Crippen LogP contribution in [0, 0.1) is 62.1 Å². The normalized spacial score (nSPS) is 37.6.